The number of rotatable bonds is 9. The Labute approximate surface area is 212 Å². The second-order valence-corrected chi connectivity index (χ2v) is 9.80. The summed E-state index contributed by atoms with van der Waals surface area (Å²) in [5.41, 5.74) is 5.33. The van der Waals surface area contributed by atoms with E-state index in [0.29, 0.717) is 29.4 Å². The van der Waals surface area contributed by atoms with Crippen molar-refractivity contribution in [1.82, 2.24) is 0 Å². The summed E-state index contributed by atoms with van der Waals surface area (Å²) in [7, 11) is 0. The number of furan rings is 1. The fourth-order valence-corrected chi connectivity index (χ4v) is 5.15. The maximum atomic E-state index is 14.2. The number of para-hydroxylation sites is 2. The van der Waals surface area contributed by atoms with Gasteiger partial charge in [0.15, 0.2) is 0 Å². The van der Waals surface area contributed by atoms with E-state index in [2.05, 4.69) is 30.3 Å². The number of aliphatic carboxylic acids is 1. The van der Waals surface area contributed by atoms with Crippen molar-refractivity contribution in [2.24, 2.45) is 5.92 Å². The van der Waals surface area contributed by atoms with Crippen LogP contribution in [0.15, 0.2) is 89.3 Å². The van der Waals surface area contributed by atoms with Gasteiger partial charge >= 0.3 is 5.97 Å². The van der Waals surface area contributed by atoms with Gasteiger partial charge in [-0.3, -0.25) is 4.79 Å². The molecule has 1 N–H and O–H groups in total. The molecule has 4 aromatic carbocycles. The van der Waals surface area contributed by atoms with Crippen LogP contribution in [0.2, 0.25) is 0 Å². The average Bonchev–Trinajstić information content (AvgIpc) is 3.28. The van der Waals surface area contributed by atoms with Gasteiger partial charge in [-0.05, 0) is 35.4 Å². The van der Waals surface area contributed by atoms with Crippen molar-refractivity contribution in [3.05, 3.63) is 102 Å². The van der Waals surface area contributed by atoms with Crippen molar-refractivity contribution in [3.63, 3.8) is 0 Å². The molecule has 182 valence electrons. The average molecular weight is 501 g/mol. The third kappa shape index (κ3) is 5.09. The van der Waals surface area contributed by atoms with E-state index in [1.807, 2.05) is 36.4 Å². The molecule has 0 bridgehead atoms. The number of carboxylic acid groups (broad SMARTS) is 1. The predicted octanol–water partition coefficient (Wildman–Crippen LogP) is 7.93. The van der Waals surface area contributed by atoms with E-state index in [9.17, 15) is 9.18 Å². The Bertz CT molecular complexity index is 1520. The number of hydrogen-bond donors (Lipinski definition) is 1. The number of thioether (sulfide) groups is 1. The Morgan fingerprint density at radius 3 is 2.58 bits per heavy atom. The SMILES string of the molecule is CC(CSCc1cc(OCc2ccc(-c3cccc4c3oc3ccccc34)cc2)ccc1F)C(=O)O. The predicted molar refractivity (Wildman–Crippen MR) is 143 cm³/mol. The van der Waals surface area contributed by atoms with Gasteiger partial charge in [0.1, 0.15) is 29.3 Å². The Hall–Kier alpha value is -3.77. The van der Waals surface area contributed by atoms with Crippen LogP contribution in [-0.4, -0.2) is 16.8 Å². The summed E-state index contributed by atoms with van der Waals surface area (Å²) in [6.07, 6.45) is 0. The van der Waals surface area contributed by atoms with E-state index < -0.39 is 11.9 Å². The highest BCUT2D eigenvalue weighted by molar-refractivity contribution is 7.98. The van der Waals surface area contributed by atoms with Crippen LogP contribution in [0.25, 0.3) is 33.1 Å². The number of ether oxygens (including phenoxy) is 1. The molecule has 0 aliphatic rings. The van der Waals surface area contributed by atoms with Crippen molar-refractivity contribution in [2.75, 3.05) is 5.75 Å². The van der Waals surface area contributed by atoms with E-state index in [1.54, 1.807) is 19.1 Å². The molecule has 0 radical (unpaired) electrons. The van der Waals surface area contributed by atoms with Crippen molar-refractivity contribution in [3.8, 4) is 16.9 Å². The molecule has 6 heteroatoms. The minimum Gasteiger partial charge on any atom is -0.489 e. The molecular formula is C30H25FO4S. The van der Waals surface area contributed by atoms with Gasteiger partial charge in [0, 0.05) is 33.4 Å². The number of fused-ring (bicyclic) bond motifs is 3. The van der Waals surface area contributed by atoms with Gasteiger partial charge in [0.25, 0.3) is 0 Å². The number of halogens is 1. The van der Waals surface area contributed by atoms with Gasteiger partial charge in [-0.25, -0.2) is 4.39 Å². The lowest BCUT2D eigenvalue weighted by Crippen LogP contribution is -2.11. The van der Waals surface area contributed by atoms with Gasteiger partial charge in [0.2, 0.25) is 0 Å². The van der Waals surface area contributed by atoms with E-state index in [0.717, 1.165) is 38.6 Å². The van der Waals surface area contributed by atoms with Gasteiger partial charge in [-0.1, -0.05) is 67.6 Å². The first-order valence-electron chi connectivity index (χ1n) is 11.7. The fourth-order valence-electron chi connectivity index (χ4n) is 4.09. The minimum atomic E-state index is -0.847. The van der Waals surface area contributed by atoms with E-state index in [1.165, 1.54) is 17.8 Å². The molecule has 0 saturated heterocycles. The molecule has 36 heavy (non-hydrogen) atoms. The number of carbonyl (C=O) groups is 1. The van der Waals surface area contributed by atoms with Crippen LogP contribution in [0.5, 0.6) is 5.75 Å². The summed E-state index contributed by atoms with van der Waals surface area (Å²) in [5.74, 6) is -0.243. The van der Waals surface area contributed by atoms with Crippen LogP contribution in [0.3, 0.4) is 0 Å². The summed E-state index contributed by atoms with van der Waals surface area (Å²) >= 11 is 1.40. The summed E-state index contributed by atoms with van der Waals surface area (Å²) in [6.45, 7) is 2.00. The summed E-state index contributed by atoms with van der Waals surface area (Å²) in [6, 6.07) is 27.1. The molecule has 0 saturated carbocycles. The zero-order valence-electron chi connectivity index (χ0n) is 19.7. The van der Waals surface area contributed by atoms with Crippen molar-refractivity contribution in [1.29, 1.82) is 0 Å². The first-order valence-corrected chi connectivity index (χ1v) is 12.9. The highest BCUT2D eigenvalue weighted by Crippen LogP contribution is 2.35. The van der Waals surface area contributed by atoms with E-state index in [4.69, 9.17) is 14.3 Å². The molecule has 1 aromatic heterocycles. The van der Waals surface area contributed by atoms with Crippen molar-refractivity contribution >= 4 is 39.7 Å². The lowest BCUT2D eigenvalue weighted by molar-refractivity contribution is -0.140. The zero-order valence-corrected chi connectivity index (χ0v) is 20.6. The third-order valence-electron chi connectivity index (χ3n) is 6.14. The normalized spacial score (nSPS) is 12.2. The van der Waals surface area contributed by atoms with Gasteiger partial charge in [-0.15, -0.1) is 0 Å². The quantitative estimate of drug-likeness (QED) is 0.223. The molecule has 1 unspecified atom stereocenters. The lowest BCUT2D eigenvalue weighted by atomic mass is 10.0. The van der Waals surface area contributed by atoms with Crippen molar-refractivity contribution in [2.45, 2.75) is 19.3 Å². The highest BCUT2D eigenvalue weighted by Gasteiger charge is 2.13. The largest absolute Gasteiger partial charge is 0.489 e. The molecule has 1 atom stereocenters. The smallest absolute Gasteiger partial charge is 0.307 e. The first-order chi connectivity index (χ1) is 17.5. The molecule has 5 rings (SSSR count). The third-order valence-corrected chi connectivity index (χ3v) is 7.39. The van der Waals surface area contributed by atoms with Crippen LogP contribution < -0.4 is 4.74 Å². The van der Waals surface area contributed by atoms with Crippen LogP contribution >= 0.6 is 11.8 Å². The molecule has 0 aliphatic carbocycles. The minimum absolute atomic E-state index is 0.318. The Kier molecular flexibility index (Phi) is 6.96. The van der Waals surface area contributed by atoms with Gasteiger partial charge < -0.3 is 14.3 Å². The van der Waals surface area contributed by atoms with Crippen LogP contribution in [-0.2, 0) is 17.2 Å². The summed E-state index contributed by atoms with van der Waals surface area (Å²) in [4.78, 5) is 11.0. The monoisotopic (exact) mass is 500 g/mol. The Balaban J connectivity index is 1.27. The maximum Gasteiger partial charge on any atom is 0.307 e. The highest BCUT2D eigenvalue weighted by atomic mass is 32.2. The van der Waals surface area contributed by atoms with Crippen LogP contribution in [0.4, 0.5) is 4.39 Å². The van der Waals surface area contributed by atoms with E-state index >= 15 is 0 Å². The molecule has 0 amide bonds. The fraction of sp³-hybridized carbons (Fsp3) is 0.167. The number of hydrogen-bond acceptors (Lipinski definition) is 4. The second kappa shape index (κ2) is 10.5. The van der Waals surface area contributed by atoms with Crippen molar-refractivity contribution < 1.29 is 23.4 Å². The molecule has 4 nitrogen and oxygen atoms in total. The molecule has 0 fully saturated rings. The van der Waals surface area contributed by atoms with Crippen LogP contribution in [0.1, 0.15) is 18.1 Å². The number of carboxylic acids is 1. The topological polar surface area (TPSA) is 59.7 Å². The Morgan fingerprint density at radius 1 is 1.00 bits per heavy atom. The second-order valence-electron chi connectivity index (χ2n) is 8.77. The van der Waals surface area contributed by atoms with Gasteiger partial charge in [0.05, 0.1) is 5.92 Å². The molecular weight excluding hydrogens is 475 g/mol. The first kappa shape index (κ1) is 23.9. The lowest BCUT2D eigenvalue weighted by Gasteiger charge is -2.11. The molecule has 0 spiro atoms. The molecule has 5 aromatic rings. The number of benzene rings is 4. The maximum absolute atomic E-state index is 14.2. The van der Waals surface area contributed by atoms with Crippen LogP contribution in [0, 0.1) is 11.7 Å². The van der Waals surface area contributed by atoms with Gasteiger partial charge in [-0.2, -0.15) is 11.8 Å². The molecule has 1 heterocycles. The Morgan fingerprint density at radius 2 is 1.78 bits per heavy atom. The van der Waals surface area contributed by atoms with E-state index in [-0.39, 0.29) is 5.82 Å². The standard InChI is InChI=1S/C30H25FO4S/c1-19(30(32)33)17-36-18-22-15-23(13-14-27(22)31)34-16-20-9-11-21(12-10-20)24-6-4-7-26-25-5-2-3-8-28(25)35-29(24)26/h2-15,19H,16-18H2,1H3,(H,32,33). The summed E-state index contributed by atoms with van der Waals surface area (Å²) < 4.78 is 26.3. The molecule has 0 aliphatic heterocycles. The zero-order chi connectivity index (χ0) is 25.1. The summed E-state index contributed by atoms with van der Waals surface area (Å²) in [5, 5.41) is 11.2.